The molecule has 3 aliphatic rings. The largest absolute Gasteiger partial charge is 0.387 e. The van der Waals surface area contributed by atoms with Gasteiger partial charge in [-0.1, -0.05) is 25.0 Å². The third-order valence-corrected chi connectivity index (χ3v) is 8.24. The SMILES string of the molecule is CS(=O)(=O)N1CCCc2cc([C@@H](O)CN3CCC(NC(=O)C4CCCC4)CC3)ccc21. The summed E-state index contributed by atoms with van der Waals surface area (Å²) in [6.07, 6.45) is 8.48. The second-order valence-electron chi connectivity index (χ2n) is 9.41. The van der Waals surface area contributed by atoms with Crippen molar-refractivity contribution in [1.82, 2.24) is 10.2 Å². The van der Waals surface area contributed by atoms with Gasteiger partial charge in [0, 0.05) is 38.1 Å². The molecule has 172 valence electrons. The summed E-state index contributed by atoms with van der Waals surface area (Å²) in [5.41, 5.74) is 2.57. The van der Waals surface area contributed by atoms with Crippen molar-refractivity contribution in [2.75, 3.05) is 36.7 Å². The smallest absolute Gasteiger partial charge is 0.232 e. The molecule has 0 unspecified atom stereocenters. The van der Waals surface area contributed by atoms with Gasteiger partial charge in [-0.15, -0.1) is 0 Å². The molecule has 1 saturated heterocycles. The lowest BCUT2D eigenvalue weighted by atomic mass is 9.97. The minimum Gasteiger partial charge on any atom is -0.387 e. The highest BCUT2D eigenvalue weighted by molar-refractivity contribution is 7.92. The number of rotatable bonds is 6. The molecule has 0 bridgehead atoms. The maximum Gasteiger partial charge on any atom is 0.232 e. The van der Waals surface area contributed by atoms with E-state index in [1.165, 1.54) is 23.4 Å². The van der Waals surface area contributed by atoms with Gasteiger partial charge in [-0.2, -0.15) is 0 Å². The Hall–Kier alpha value is -1.64. The summed E-state index contributed by atoms with van der Waals surface area (Å²) in [5.74, 6) is 0.440. The quantitative estimate of drug-likeness (QED) is 0.695. The average molecular weight is 450 g/mol. The van der Waals surface area contributed by atoms with Gasteiger partial charge in [0.2, 0.25) is 15.9 Å². The van der Waals surface area contributed by atoms with E-state index in [2.05, 4.69) is 10.2 Å². The number of sulfonamides is 1. The van der Waals surface area contributed by atoms with Crippen LogP contribution in [0.2, 0.25) is 0 Å². The van der Waals surface area contributed by atoms with Crippen molar-refractivity contribution in [2.45, 2.75) is 63.5 Å². The monoisotopic (exact) mass is 449 g/mol. The number of aliphatic hydroxyl groups is 1. The van der Waals surface area contributed by atoms with Crippen LogP contribution >= 0.6 is 0 Å². The van der Waals surface area contributed by atoms with Crippen LogP contribution in [0, 0.1) is 5.92 Å². The number of aryl methyl sites for hydroxylation is 1. The van der Waals surface area contributed by atoms with E-state index in [1.54, 1.807) is 0 Å². The highest BCUT2D eigenvalue weighted by atomic mass is 32.2. The average Bonchev–Trinajstić information content (AvgIpc) is 3.29. The molecule has 8 heteroatoms. The molecular formula is C23H35N3O4S. The Morgan fingerprint density at radius 2 is 1.84 bits per heavy atom. The Morgan fingerprint density at radius 3 is 2.52 bits per heavy atom. The summed E-state index contributed by atoms with van der Waals surface area (Å²) in [6.45, 7) is 2.79. The first-order valence-corrected chi connectivity index (χ1v) is 13.5. The van der Waals surface area contributed by atoms with E-state index < -0.39 is 16.1 Å². The number of amides is 1. The molecule has 1 atom stereocenters. The van der Waals surface area contributed by atoms with Gasteiger partial charge in [-0.05, 0) is 55.7 Å². The molecule has 0 aromatic heterocycles. The molecule has 1 aliphatic carbocycles. The van der Waals surface area contributed by atoms with Crippen molar-refractivity contribution >= 4 is 21.6 Å². The fourth-order valence-corrected chi connectivity index (χ4v) is 6.25. The lowest BCUT2D eigenvalue weighted by molar-refractivity contribution is -0.125. The van der Waals surface area contributed by atoms with E-state index in [4.69, 9.17) is 0 Å². The molecule has 1 aromatic rings. The first-order valence-electron chi connectivity index (χ1n) is 11.6. The predicted molar refractivity (Wildman–Crippen MR) is 121 cm³/mol. The second kappa shape index (κ2) is 9.46. The first-order chi connectivity index (χ1) is 14.8. The summed E-state index contributed by atoms with van der Waals surface area (Å²) in [7, 11) is -3.28. The minimum absolute atomic E-state index is 0.211. The number of nitrogens with one attached hydrogen (secondary N) is 1. The van der Waals surface area contributed by atoms with Gasteiger partial charge in [-0.25, -0.2) is 8.42 Å². The fraction of sp³-hybridized carbons (Fsp3) is 0.696. The molecule has 1 saturated carbocycles. The Labute approximate surface area is 185 Å². The number of anilines is 1. The van der Waals surface area contributed by atoms with E-state index in [9.17, 15) is 18.3 Å². The van der Waals surface area contributed by atoms with Crippen molar-refractivity contribution in [2.24, 2.45) is 5.92 Å². The summed E-state index contributed by atoms with van der Waals surface area (Å²) < 4.78 is 25.5. The molecule has 2 N–H and O–H groups in total. The van der Waals surface area contributed by atoms with Crippen molar-refractivity contribution in [1.29, 1.82) is 0 Å². The van der Waals surface area contributed by atoms with Gasteiger partial charge in [0.15, 0.2) is 0 Å². The standard InChI is InChI=1S/C23H35N3O4S/c1-31(29,30)26-12-4-7-18-15-19(8-9-21(18)26)22(27)16-25-13-10-20(11-14-25)24-23(28)17-5-2-3-6-17/h8-9,15,17,20,22,27H,2-7,10-14,16H2,1H3,(H,24,28)/t22-/m0/s1. The van der Waals surface area contributed by atoms with Crippen LogP contribution < -0.4 is 9.62 Å². The van der Waals surface area contributed by atoms with E-state index in [0.717, 1.165) is 68.4 Å². The molecule has 7 nitrogen and oxygen atoms in total. The second-order valence-corrected chi connectivity index (χ2v) is 11.3. The Balaban J connectivity index is 1.30. The first kappa shape index (κ1) is 22.6. The topological polar surface area (TPSA) is 89.9 Å². The summed E-state index contributed by atoms with van der Waals surface area (Å²) >= 11 is 0. The molecule has 4 rings (SSSR count). The van der Waals surface area contributed by atoms with Crippen molar-refractivity contribution in [3.8, 4) is 0 Å². The van der Waals surface area contributed by atoms with Crippen molar-refractivity contribution in [3.63, 3.8) is 0 Å². The number of carbonyl (C=O) groups is 1. The highest BCUT2D eigenvalue weighted by Crippen LogP contribution is 2.32. The number of nitrogens with zero attached hydrogens (tertiary/aromatic N) is 2. The van der Waals surface area contributed by atoms with E-state index in [1.807, 2.05) is 18.2 Å². The van der Waals surface area contributed by atoms with Gasteiger partial charge in [0.05, 0.1) is 18.0 Å². The molecular weight excluding hydrogens is 414 g/mol. The Kier molecular flexibility index (Phi) is 6.89. The number of carbonyl (C=O) groups excluding carboxylic acids is 1. The number of fused-ring (bicyclic) bond motifs is 1. The Morgan fingerprint density at radius 1 is 1.13 bits per heavy atom. The summed E-state index contributed by atoms with van der Waals surface area (Å²) in [4.78, 5) is 14.6. The van der Waals surface area contributed by atoms with Crippen molar-refractivity contribution in [3.05, 3.63) is 29.3 Å². The molecule has 0 spiro atoms. The number of hydrogen-bond donors (Lipinski definition) is 2. The maximum absolute atomic E-state index is 12.4. The predicted octanol–water partition coefficient (Wildman–Crippen LogP) is 2.20. The molecule has 2 fully saturated rings. The maximum atomic E-state index is 12.4. The summed E-state index contributed by atoms with van der Waals surface area (Å²) in [5, 5.41) is 14.0. The number of β-amino-alcohol motifs (C(OH)–C–C–N with tert-alkyl or cyclic N) is 1. The number of hydrogen-bond acceptors (Lipinski definition) is 5. The van der Waals surface area contributed by atoms with Gasteiger partial charge >= 0.3 is 0 Å². The molecule has 1 aromatic carbocycles. The fourth-order valence-electron chi connectivity index (χ4n) is 5.25. The van der Waals surface area contributed by atoms with Crippen LogP contribution in [-0.2, 0) is 21.2 Å². The van der Waals surface area contributed by atoms with Crippen LogP contribution in [0.1, 0.15) is 62.2 Å². The molecule has 2 heterocycles. The van der Waals surface area contributed by atoms with Crippen LogP contribution in [0.3, 0.4) is 0 Å². The highest BCUT2D eigenvalue weighted by Gasteiger charge is 2.28. The molecule has 2 aliphatic heterocycles. The van der Waals surface area contributed by atoms with E-state index >= 15 is 0 Å². The van der Waals surface area contributed by atoms with Crippen LogP contribution in [0.5, 0.6) is 0 Å². The van der Waals surface area contributed by atoms with Gasteiger partial charge in [0.25, 0.3) is 0 Å². The third-order valence-electron chi connectivity index (χ3n) is 7.06. The molecule has 31 heavy (non-hydrogen) atoms. The molecule has 0 radical (unpaired) electrons. The van der Waals surface area contributed by atoms with Crippen LogP contribution in [0.4, 0.5) is 5.69 Å². The number of likely N-dealkylation sites (tertiary alicyclic amines) is 1. The minimum atomic E-state index is -3.28. The van der Waals surface area contributed by atoms with E-state index in [0.29, 0.717) is 13.1 Å². The lowest BCUT2D eigenvalue weighted by Gasteiger charge is -2.34. The van der Waals surface area contributed by atoms with Gasteiger partial charge in [0.1, 0.15) is 0 Å². The van der Waals surface area contributed by atoms with Gasteiger partial charge < -0.3 is 15.3 Å². The van der Waals surface area contributed by atoms with Gasteiger partial charge in [-0.3, -0.25) is 9.10 Å². The zero-order valence-electron chi connectivity index (χ0n) is 18.4. The Bertz CT molecular complexity index is 890. The molecule has 1 amide bonds. The van der Waals surface area contributed by atoms with E-state index in [-0.39, 0.29) is 17.9 Å². The third kappa shape index (κ3) is 5.41. The van der Waals surface area contributed by atoms with Crippen LogP contribution in [0.25, 0.3) is 0 Å². The lowest BCUT2D eigenvalue weighted by Crippen LogP contribution is -2.46. The van der Waals surface area contributed by atoms with Crippen molar-refractivity contribution < 1.29 is 18.3 Å². The van der Waals surface area contributed by atoms with Crippen LogP contribution in [0.15, 0.2) is 18.2 Å². The number of piperidine rings is 1. The number of benzene rings is 1. The summed E-state index contributed by atoms with van der Waals surface area (Å²) in [6, 6.07) is 5.89. The zero-order chi connectivity index (χ0) is 22.0. The zero-order valence-corrected chi connectivity index (χ0v) is 19.2. The normalized spacial score (nSPS) is 22.3. The number of aliphatic hydroxyl groups excluding tert-OH is 1. The van der Waals surface area contributed by atoms with Crippen LogP contribution in [-0.4, -0.2) is 62.8 Å².